The van der Waals surface area contributed by atoms with Gasteiger partial charge in [-0.3, -0.25) is 4.68 Å². The van der Waals surface area contributed by atoms with Crippen LogP contribution in [0.3, 0.4) is 0 Å². The van der Waals surface area contributed by atoms with E-state index in [-0.39, 0.29) is 0 Å². The molecule has 0 bridgehead atoms. The van der Waals surface area contributed by atoms with Crippen molar-refractivity contribution in [2.24, 2.45) is 5.92 Å². The Kier molecular flexibility index (Phi) is 4.42. The van der Waals surface area contributed by atoms with Gasteiger partial charge in [0, 0.05) is 6.20 Å². The first-order valence-corrected chi connectivity index (χ1v) is 6.69. The smallest absolute Gasteiger partial charge is 0.0719 e. The van der Waals surface area contributed by atoms with Crippen LogP contribution in [-0.2, 0) is 11.3 Å². The van der Waals surface area contributed by atoms with Crippen LogP contribution in [0.25, 0.3) is 0 Å². The number of rotatable bonds is 5. The molecule has 0 radical (unpaired) electrons. The SMILES string of the molecule is CCC1CCCCC1OCCn1cc(N)cn1. The lowest BCUT2D eigenvalue weighted by Crippen LogP contribution is -2.28. The van der Waals surface area contributed by atoms with Gasteiger partial charge in [0.05, 0.1) is 31.1 Å². The molecule has 0 amide bonds. The van der Waals surface area contributed by atoms with Gasteiger partial charge in [0.2, 0.25) is 0 Å². The Bertz CT molecular complexity index is 337. The zero-order valence-corrected chi connectivity index (χ0v) is 10.6. The average Bonchev–Trinajstić information content (AvgIpc) is 2.76. The average molecular weight is 237 g/mol. The van der Waals surface area contributed by atoms with Gasteiger partial charge in [-0.05, 0) is 18.8 Å². The summed E-state index contributed by atoms with van der Waals surface area (Å²) in [5, 5.41) is 4.15. The van der Waals surface area contributed by atoms with Crippen LogP contribution in [0.4, 0.5) is 5.69 Å². The number of nitrogens with zero attached hydrogens (tertiary/aromatic N) is 2. The fourth-order valence-electron chi connectivity index (χ4n) is 2.66. The summed E-state index contributed by atoms with van der Waals surface area (Å²) in [7, 11) is 0. The van der Waals surface area contributed by atoms with Gasteiger partial charge in [-0.2, -0.15) is 5.10 Å². The standard InChI is InChI=1S/C13H23N3O/c1-2-11-5-3-4-6-13(11)17-8-7-16-10-12(14)9-15-16/h9-11,13H,2-8,14H2,1H3. The van der Waals surface area contributed by atoms with E-state index in [1.54, 1.807) is 6.20 Å². The molecule has 96 valence electrons. The van der Waals surface area contributed by atoms with Crippen LogP contribution in [0.15, 0.2) is 12.4 Å². The van der Waals surface area contributed by atoms with Crippen LogP contribution in [0.1, 0.15) is 39.0 Å². The normalized spacial score (nSPS) is 25.0. The number of anilines is 1. The predicted octanol–water partition coefficient (Wildman–Crippen LogP) is 2.45. The minimum atomic E-state index is 0.460. The number of nitrogens with two attached hydrogens (primary N) is 1. The van der Waals surface area contributed by atoms with Crippen molar-refractivity contribution in [3.8, 4) is 0 Å². The van der Waals surface area contributed by atoms with Crippen molar-refractivity contribution in [3.05, 3.63) is 12.4 Å². The predicted molar refractivity (Wildman–Crippen MR) is 68.6 cm³/mol. The zero-order valence-electron chi connectivity index (χ0n) is 10.6. The maximum absolute atomic E-state index is 6.00. The van der Waals surface area contributed by atoms with Crippen molar-refractivity contribution in [2.45, 2.75) is 51.7 Å². The molecule has 1 aromatic rings. The van der Waals surface area contributed by atoms with E-state index in [0.29, 0.717) is 11.8 Å². The molecule has 0 spiro atoms. The number of hydrogen-bond donors (Lipinski definition) is 1. The van der Waals surface area contributed by atoms with Crippen molar-refractivity contribution >= 4 is 5.69 Å². The molecule has 1 aliphatic carbocycles. The molecule has 0 saturated heterocycles. The molecular formula is C13H23N3O. The molecule has 2 atom stereocenters. The molecule has 1 fully saturated rings. The van der Waals surface area contributed by atoms with Crippen molar-refractivity contribution in [3.63, 3.8) is 0 Å². The first-order chi connectivity index (χ1) is 8.29. The van der Waals surface area contributed by atoms with Crippen molar-refractivity contribution in [1.29, 1.82) is 0 Å². The summed E-state index contributed by atoms with van der Waals surface area (Å²) in [4.78, 5) is 0. The van der Waals surface area contributed by atoms with Gasteiger partial charge >= 0.3 is 0 Å². The van der Waals surface area contributed by atoms with Crippen molar-refractivity contribution in [1.82, 2.24) is 9.78 Å². The molecular weight excluding hydrogens is 214 g/mol. The summed E-state index contributed by atoms with van der Waals surface area (Å²) in [5.74, 6) is 0.756. The fourth-order valence-corrected chi connectivity index (χ4v) is 2.66. The van der Waals surface area contributed by atoms with E-state index < -0.39 is 0 Å². The summed E-state index contributed by atoms with van der Waals surface area (Å²) in [6.07, 6.45) is 10.5. The van der Waals surface area contributed by atoms with Crippen LogP contribution in [0.5, 0.6) is 0 Å². The van der Waals surface area contributed by atoms with Crippen LogP contribution >= 0.6 is 0 Å². The van der Waals surface area contributed by atoms with E-state index in [1.165, 1.54) is 32.1 Å². The molecule has 1 heterocycles. The summed E-state index contributed by atoms with van der Waals surface area (Å²) >= 11 is 0. The van der Waals surface area contributed by atoms with Gasteiger partial charge in [-0.1, -0.05) is 26.2 Å². The van der Waals surface area contributed by atoms with Gasteiger partial charge in [-0.25, -0.2) is 0 Å². The zero-order chi connectivity index (χ0) is 12.1. The van der Waals surface area contributed by atoms with E-state index in [2.05, 4.69) is 12.0 Å². The van der Waals surface area contributed by atoms with Crippen LogP contribution in [0, 0.1) is 5.92 Å². The number of ether oxygens (including phenoxy) is 1. The second-order valence-electron chi connectivity index (χ2n) is 4.90. The molecule has 0 aliphatic heterocycles. The van der Waals surface area contributed by atoms with Gasteiger partial charge in [0.15, 0.2) is 0 Å². The van der Waals surface area contributed by atoms with E-state index >= 15 is 0 Å². The Hall–Kier alpha value is -1.03. The highest BCUT2D eigenvalue weighted by molar-refractivity contribution is 5.30. The number of aromatic nitrogens is 2. The lowest BCUT2D eigenvalue weighted by molar-refractivity contribution is -0.0161. The maximum Gasteiger partial charge on any atom is 0.0719 e. The minimum absolute atomic E-state index is 0.460. The monoisotopic (exact) mass is 237 g/mol. The number of hydrogen-bond acceptors (Lipinski definition) is 3. The third-order valence-electron chi connectivity index (χ3n) is 3.67. The van der Waals surface area contributed by atoms with Crippen molar-refractivity contribution < 1.29 is 4.74 Å². The third kappa shape index (κ3) is 3.46. The lowest BCUT2D eigenvalue weighted by Gasteiger charge is -2.30. The first kappa shape index (κ1) is 12.4. The molecule has 0 aromatic carbocycles. The van der Waals surface area contributed by atoms with Gasteiger partial charge in [0.25, 0.3) is 0 Å². The van der Waals surface area contributed by atoms with E-state index in [1.807, 2.05) is 10.9 Å². The van der Waals surface area contributed by atoms with Crippen LogP contribution in [0.2, 0.25) is 0 Å². The first-order valence-electron chi connectivity index (χ1n) is 6.69. The topological polar surface area (TPSA) is 53.1 Å². The quantitative estimate of drug-likeness (QED) is 0.855. The Morgan fingerprint density at radius 1 is 1.47 bits per heavy atom. The Morgan fingerprint density at radius 2 is 2.29 bits per heavy atom. The second kappa shape index (κ2) is 6.05. The molecule has 1 aromatic heterocycles. The summed E-state index contributed by atoms with van der Waals surface area (Å²) < 4.78 is 7.84. The second-order valence-corrected chi connectivity index (χ2v) is 4.90. The highest BCUT2D eigenvalue weighted by Crippen LogP contribution is 2.28. The van der Waals surface area contributed by atoms with Crippen LogP contribution in [-0.4, -0.2) is 22.5 Å². The number of nitrogen functional groups attached to an aromatic ring is 1. The van der Waals surface area contributed by atoms with Gasteiger partial charge < -0.3 is 10.5 Å². The highest BCUT2D eigenvalue weighted by atomic mass is 16.5. The molecule has 2 rings (SSSR count). The summed E-state index contributed by atoms with van der Waals surface area (Å²) in [6.45, 7) is 3.80. The van der Waals surface area contributed by atoms with Crippen molar-refractivity contribution in [2.75, 3.05) is 12.3 Å². The van der Waals surface area contributed by atoms with E-state index in [9.17, 15) is 0 Å². The Morgan fingerprint density at radius 3 is 3.00 bits per heavy atom. The van der Waals surface area contributed by atoms with Crippen LogP contribution < -0.4 is 5.73 Å². The molecule has 1 aliphatic rings. The Labute approximate surface area is 103 Å². The molecule has 2 unspecified atom stereocenters. The molecule has 17 heavy (non-hydrogen) atoms. The van der Waals surface area contributed by atoms with Gasteiger partial charge in [0.1, 0.15) is 0 Å². The van der Waals surface area contributed by atoms with E-state index in [4.69, 9.17) is 10.5 Å². The molecule has 4 heteroatoms. The van der Waals surface area contributed by atoms with E-state index in [0.717, 1.165) is 19.1 Å². The highest BCUT2D eigenvalue weighted by Gasteiger charge is 2.23. The third-order valence-corrected chi connectivity index (χ3v) is 3.67. The molecule has 2 N–H and O–H groups in total. The molecule has 4 nitrogen and oxygen atoms in total. The molecule has 1 saturated carbocycles. The summed E-state index contributed by atoms with van der Waals surface area (Å²) in [6, 6.07) is 0. The minimum Gasteiger partial charge on any atom is -0.396 e. The Balaban J connectivity index is 1.73. The largest absolute Gasteiger partial charge is 0.396 e. The fraction of sp³-hybridized carbons (Fsp3) is 0.769. The van der Waals surface area contributed by atoms with Gasteiger partial charge in [-0.15, -0.1) is 0 Å². The maximum atomic E-state index is 6.00. The lowest BCUT2D eigenvalue weighted by atomic mass is 9.85. The summed E-state index contributed by atoms with van der Waals surface area (Å²) in [5.41, 5.74) is 6.33.